The Morgan fingerprint density at radius 3 is 2.68 bits per heavy atom. The van der Waals surface area contributed by atoms with Crippen LogP contribution in [0.4, 0.5) is 4.79 Å². The Morgan fingerprint density at radius 2 is 2.16 bits per heavy atom. The highest BCUT2D eigenvalue weighted by atomic mass is 16.8. The first-order valence-corrected chi connectivity index (χ1v) is 6.26. The second-order valence-electron chi connectivity index (χ2n) is 4.03. The summed E-state index contributed by atoms with van der Waals surface area (Å²) in [6.45, 7) is 5.51. The zero-order valence-electron chi connectivity index (χ0n) is 11.4. The molecule has 0 aliphatic rings. The maximum atomic E-state index is 11.7. The Morgan fingerprint density at radius 1 is 1.42 bits per heavy atom. The summed E-state index contributed by atoms with van der Waals surface area (Å²) >= 11 is 0. The number of rotatable bonds is 5. The molecule has 0 radical (unpaired) electrons. The Kier molecular flexibility index (Phi) is 5.92. The van der Waals surface area contributed by atoms with Gasteiger partial charge in [-0.25, -0.2) is 9.59 Å². The summed E-state index contributed by atoms with van der Waals surface area (Å²) in [7, 11) is 0. The van der Waals surface area contributed by atoms with Crippen LogP contribution in [0.25, 0.3) is 0 Å². The van der Waals surface area contributed by atoms with E-state index < -0.39 is 12.1 Å². The highest BCUT2D eigenvalue weighted by Gasteiger charge is 2.24. The first-order chi connectivity index (χ1) is 9.08. The normalized spacial score (nSPS) is 11.7. The van der Waals surface area contributed by atoms with E-state index in [1.165, 1.54) is 6.26 Å². The topological polar surface area (TPSA) is 69.0 Å². The zero-order chi connectivity index (χ0) is 14.3. The van der Waals surface area contributed by atoms with Gasteiger partial charge in [-0.3, -0.25) is 0 Å². The van der Waals surface area contributed by atoms with E-state index in [9.17, 15) is 9.59 Å². The number of hydroxylamine groups is 2. The minimum absolute atomic E-state index is 0.0218. The van der Waals surface area contributed by atoms with Gasteiger partial charge in [-0.1, -0.05) is 13.8 Å². The summed E-state index contributed by atoms with van der Waals surface area (Å²) in [5, 5.41) is 0.872. The quantitative estimate of drug-likeness (QED) is 0.769. The number of amides is 1. The molecule has 1 aromatic rings. The van der Waals surface area contributed by atoms with Gasteiger partial charge in [-0.15, -0.1) is 5.06 Å². The van der Waals surface area contributed by atoms with Crippen molar-refractivity contribution in [3.05, 3.63) is 24.2 Å². The van der Waals surface area contributed by atoms with Crippen molar-refractivity contribution in [2.45, 2.75) is 33.7 Å². The van der Waals surface area contributed by atoms with Gasteiger partial charge in [0.25, 0.3) is 0 Å². The van der Waals surface area contributed by atoms with Crippen LogP contribution in [0.5, 0.6) is 0 Å². The van der Waals surface area contributed by atoms with Crippen molar-refractivity contribution in [1.29, 1.82) is 0 Å². The summed E-state index contributed by atoms with van der Waals surface area (Å²) in [6.07, 6.45) is 1.40. The molecule has 106 valence electrons. The van der Waals surface area contributed by atoms with E-state index >= 15 is 0 Å². The van der Waals surface area contributed by atoms with Gasteiger partial charge in [0.2, 0.25) is 0 Å². The number of hydrogen-bond acceptors (Lipinski definition) is 5. The van der Waals surface area contributed by atoms with Crippen LogP contribution in [-0.4, -0.2) is 23.7 Å². The Labute approximate surface area is 112 Å². The largest absolute Gasteiger partial charge is 0.467 e. The van der Waals surface area contributed by atoms with Crippen LogP contribution in [0.15, 0.2) is 22.8 Å². The standard InChI is InChI=1S/C13H19NO5/c1-4-10(3)12(15)19-14(13(16)17-5-2)9-11-7-6-8-18-11/h6-8,10H,4-5,9H2,1-3H3. The second kappa shape index (κ2) is 7.45. The third-order valence-electron chi connectivity index (χ3n) is 2.57. The molecule has 0 bridgehead atoms. The maximum Gasteiger partial charge on any atom is 0.443 e. The summed E-state index contributed by atoms with van der Waals surface area (Å²) < 4.78 is 9.96. The minimum Gasteiger partial charge on any atom is -0.467 e. The van der Waals surface area contributed by atoms with Crippen LogP contribution < -0.4 is 0 Å². The number of hydrogen-bond donors (Lipinski definition) is 0. The molecule has 6 heteroatoms. The average molecular weight is 269 g/mol. The molecule has 19 heavy (non-hydrogen) atoms. The van der Waals surface area contributed by atoms with Gasteiger partial charge in [0.1, 0.15) is 12.3 Å². The first kappa shape index (κ1) is 15.1. The Hall–Kier alpha value is -1.98. The summed E-state index contributed by atoms with van der Waals surface area (Å²) in [5.41, 5.74) is 0. The molecule has 0 fully saturated rings. The van der Waals surface area contributed by atoms with E-state index in [2.05, 4.69) is 0 Å². The van der Waals surface area contributed by atoms with Gasteiger partial charge >= 0.3 is 12.1 Å². The molecule has 0 spiro atoms. The van der Waals surface area contributed by atoms with Crippen LogP contribution in [-0.2, 0) is 20.9 Å². The van der Waals surface area contributed by atoms with Gasteiger partial charge in [0.15, 0.2) is 0 Å². The third-order valence-corrected chi connectivity index (χ3v) is 2.57. The van der Waals surface area contributed by atoms with Crippen molar-refractivity contribution < 1.29 is 23.6 Å². The van der Waals surface area contributed by atoms with E-state index in [1.54, 1.807) is 26.0 Å². The summed E-state index contributed by atoms with van der Waals surface area (Å²) in [5.74, 6) is -0.249. The molecular weight excluding hydrogens is 250 g/mol. The Balaban J connectivity index is 2.69. The maximum absolute atomic E-state index is 11.7. The van der Waals surface area contributed by atoms with Gasteiger partial charge in [0.05, 0.1) is 18.8 Å². The summed E-state index contributed by atoms with van der Waals surface area (Å²) in [6, 6.07) is 3.37. The van der Waals surface area contributed by atoms with Crippen molar-refractivity contribution in [2.75, 3.05) is 6.61 Å². The lowest BCUT2D eigenvalue weighted by Gasteiger charge is -2.20. The van der Waals surface area contributed by atoms with Crippen LogP contribution in [0.1, 0.15) is 33.0 Å². The number of nitrogens with zero attached hydrogens (tertiary/aromatic N) is 1. The zero-order valence-corrected chi connectivity index (χ0v) is 11.4. The van der Waals surface area contributed by atoms with Crippen molar-refractivity contribution in [1.82, 2.24) is 5.06 Å². The van der Waals surface area contributed by atoms with Crippen LogP contribution in [0.3, 0.4) is 0 Å². The number of furan rings is 1. The van der Waals surface area contributed by atoms with E-state index in [1.807, 2.05) is 6.92 Å². The molecule has 6 nitrogen and oxygen atoms in total. The fraction of sp³-hybridized carbons (Fsp3) is 0.538. The molecule has 0 saturated carbocycles. The van der Waals surface area contributed by atoms with Crippen LogP contribution in [0, 0.1) is 5.92 Å². The number of carbonyl (C=O) groups is 2. The first-order valence-electron chi connectivity index (χ1n) is 6.26. The molecule has 1 atom stereocenters. The van der Waals surface area contributed by atoms with Crippen LogP contribution in [0.2, 0.25) is 0 Å². The fourth-order valence-corrected chi connectivity index (χ4v) is 1.24. The average Bonchev–Trinajstić information content (AvgIpc) is 2.90. The van der Waals surface area contributed by atoms with Crippen LogP contribution >= 0.6 is 0 Å². The van der Waals surface area contributed by atoms with Crippen molar-refractivity contribution in [3.8, 4) is 0 Å². The molecule has 0 aliphatic heterocycles. The molecule has 0 aliphatic carbocycles. The van der Waals surface area contributed by atoms with Crippen molar-refractivity contribution in [2.24, 2.45) is 5.92 Å². The minimum atomic E-state index is -0.712. The molecule has 0 aromatic carbocycles. The molecule has 0 N–H and O–H groups in total. The molecule has 1 heterocycles. The molecule has 1 amide bonds. The van der Waals surface area contributed by atoms with E-state index in [0.717, 1.165) is 5.06 Å². The highest BCUT2D eigenvalue weighted by molar-refractivity contribution is 5.74. The highest BCUT2D eigenvalue weighted by Crippen LogP contribution is 2.11. The lowest BCUT2D eigenvalue weighted by molar-refractivity contribution is -0.189. The second-order valence-corrected chi connectivity index (χ2v) is 4.03. The van der Waals surface area contributed by atoms with E-state index in [0.29, 0.717) is 12.2 Å². The van der Waals surface area contributed by atoms with Crippen molar-refractivity contribution in [3.63, 3.8) is 0 Å². The number of carbonyl (C=O) groups excluding carboxylic acids is 2. The van der Waals surface area contributed by atoms with Gasteiger partial charge in [-0.2, -0.15) is 0 Å². The lowest BCUT2D eigenvalue weighted by atomic mass is 10.1. The lowest BCUT2D eigenvalue weighted by Crippen LogP contribution is -2.35. The van der Waals surface area contributed by atoms with E-state index in [4.69, 9.17) is 14.0 Å². The van der Waals surface area contributed by atoms with Crippen molar-refractivity contribution >= 4 is 12.1 Å². The predicted molar refractivity (Wildman–Crippen MR) is 66.8 cm³/mol. The molecule has 1 unspecified atom stereocenters. The monoisotopic (exact) mass is 269 g/mol. The van der Waals surface area contributed by atoms with Gasteiger partial charge in [0, 0.05) is 0 Å². The SMILES string of the molecule is CCOC(=O)N(Cc1ccco1)OC(=O)C(C)CC. The smallest absolute Gasteiger partial charge is 0.443 e. The molecule has 0 saturated heterocycles. The number of ether oxygens (including phenoxy) is 1. The fourth-order valence-electron chi connectivity index (χ4n) is 1.24. The molecular formula is C13H19NO5. The molecule has 1 aromatic heterocycles. The Bertz CT molecular complexity index is 401. The van der Waals surface area contributed by atoms with Gasteiger partial charge in [-0.05, 0) is 25.5 Å². The van der Waals surface area contributed by atoms with Gasteiger partial charge < -0.3 is 14.0 Å². The molecule has 1 rings (SSSR count). The summed E-state index contributed by atoms with van der Waals surface area (Å²) in [4.78, 5) is 28.5. The van der Waals surface area contributed by atoms with E-state index in [-0.39, 0.29) is 19.1 Å². The predicted octanol–water partition coefficient (Wildman–Crippen LogP) is 2.74. The third kappa shape index (κ3) is 4.65.